The molecular weight excluding hydrogens is 441 g/mol. The van der Waals surface area contributed by atoms with E-state index in [2.05, 4.69) is 6.08 Å². The number of hydrogen-bond acceptors (Lipinski definition) is 5. The molecule has 2 aliphatic heterocycles. The largest absolute Gasteiger partial charge is 0.392 e. The summed E-state index contributed by atoms with van der Waals surface area (Å²) in [5, 5.41) is 13.1. The Balaban J connectivity index is 1.22. The molecule has 2 amide bonds. The Morgan fingerprint density at radius 2 is 1.79 bits per heavy atom. The summed E-state index contributed by atoms with van der Waals surface area (Å²) in [6.45, 7) is 1.75. The monoisotopic (exact) mass is 469 g/mol. The highest BCUT2D eigenvalue weighted by Crippen LogP contribution is 2.37. The molecule has 2 atom stereocenters. The number of aliphatic hydroxyl groups excluding tert-OH is 1. The second kappa shape index (κ2) is 9.35. The average Bonchev–Trinajstić information content (AvgIpc) is 3.35. The topological polar surface area (TPSA) is 73.7 Å². The summed E-state index contributed by atoms with van der Waals surface area (Å²) < 4.78 is 13.1. The minimum Gasteiger partial charge on any atom is -0.392 e. The Morgan fingerprint density at radius 1 is 1.03 bits per heavy atom. The van der Waals surface area contributed by atoms with Crippen LogP contribution in [0, 0.1) is 11.7 Å². The third-order valence-electron chi connectivity index (χ3n) is 7.09. The van der Waals surface area contributed by atoms with Gasteiger partial charge >= 0.3 is 0 Å². The number of carbonyl (C=O) groups excluding carboxylic acids is 2. The van der Waals surface area contributed by atoms with Gasteiger partial charge in [-0.15, -0.1) is 11.3 Å². The number of aromatic nitrogens is 1. The van der Waals surface area contributed by atoms with Gasteiger partial charge in [0.05, 0.1) is 11.1 Å². The van der Waals surface area contributed by atoms with Crippen LogP contribution >= 0.6 is 11.3 Å². The van der Waals surface area contributed by atoms with Crippen LogP contribution in [0.15, 0.2) is 41.4 Å². The Kier molecular flexibility index (Phi) is 6.29. The molecule has 2 saturated heterocycles. The molecular formula is C25H28FN3O3S. The SMILES string of the molecule is O=C(c1ccc(F)cc1)N1CCC(c2nc(C(=O)N3CCC(O)C4CCCC=C43)cs2)CC1. The molecule has 3 heterocycles. The van der Waals surface area contributed by atoms with Crippen molar-refractivity contribution < 1.29 is 19.1 Å². The van der Waals surface area contributed by atoms with Crippen molar-refractivity contribution in [3.8, 4) is 0 Å². The van der Waals surface area contributed by atoms with Gasteiger partial charge in [-0.05, 0) is 62.8 Å². The predicted molar refractivity (Wildman–Crippen MR) is 123 cm³/mol. The number of nitrogens with zero attached hydrogens (tertiary/aromatic N) is 3. The summed E-state index contributed by atoms with van der Waals surface area (Å²) in [5.41, 5.74) is 1.94. The third kappa shape index (κ3) is 4.46. The molecule has 1 aromatic heterocycles. The van der Waals surface area contributed by atoms with E-state index in [-0.39, 0.29) is 35.6 Å². The lowest BCUT2D eigenvalue weighted by Gasteiger charge is -2.40. The number of likely N-dealkylation sites (tertiary alicyclic amines) is 2. The zero-order valence-corrected chi connectivity index (χ0v) is 19.3. The van der Waals surface area contributed by atoms with E-state index in [4.69, 9.17) is 4.98 Å². The Labute approximate surface area is 196 Å². The highest BCUT2D eigenvalue weighted by molar-refractivity contribution is 7.09. The Hall–Kier alpha value is -2.58. The minimum atomic E-state index is -0.366. The Morgan fingerprint density at radius 3 is 2.55 bits per heavy atom. The molecule has 1 aliphatic carbocycles. The van der Waals surface area contributed by atoms with Crippen LogP contribution in [0.3, 0.4) is 0 Å². The summed E-state index contributed by atoms with van der Waals surface area (Å²) in [5.74, 6) is -0.232. The van der Waals surface area contributed by atoms with E-state index in [1.54, 1.807) is 4.90 Å². The highest BCUT2D eigenvalue weighted by Gasteiger charge is 2.37. The van der Waals surface area contributed by atoms with Gasteiger partial charge in [-0.3, -0.25) is 9.59 Å². The molecule has 2 fully saturated rings. The lowest BCUT2D eigenvalue weighted by atomic mass is 9.82. The number of piperidine rings is 2. The normalized spacial score (nSPS) is 23.8. The van der Waals surface area contributed by atoms with E-state index in [1.165, 1.54) is 35.6 Å². The van der Waals surface area contributed by atoms with Gasteiger partial charge in [-0.1, -0.05) is 6.08 Å². The van der Waals surface area contributed by atoms with E-state index < -0.39 is 0 Å². The van der Waals surface area contributed by atoms with Crippen LogP contribution in [0.25, 0.3) is 0 Å². The van der Waals surface area contributed by atoms with Gasteiger partial charge in [0, 0.05) is 48.1 Å². The second-order valence-electron chi connectivity index (χ2n) is 9.12. The maximum absolute atomic E-state index is 13.2. The van der Waals surface area contributed by atoms with E-state index in [9.17, 15) is 19.1 Å². The summed E-state index contributed by atoms with van der Waals surface area (Å²) >= 11 is 1.51. The molecule has 1 N–H and O–H groups in total. The molecule has 33 heavy (non-hydrogen) atoms. The van der Waals surface area contributed by atoms with Crippen LogP contribution < -0.4 is 0 Å². The van der Waals surface area contributed by atoms with E-state index in [0.717, 1.165) is 42.8 Å². The van der Waals surface area contributed by atoms with Crippen molar-refractivity contribution in [2.24, 2.45) is 5.92 Å². The number of benzene rings is 1. The van der Waals surface area contributed by atoms with Crippen LogP contribution in [0.4, 0.5) is 4.39 Å². The van der Waals surface area contributed by atoms with Crippen molar-refractivity contribution in [2.45, 2.75) is 50.5 Å². The maximum Gasteiger partial charge on any atom is 0.277 e. The first-order valence-corrected chi connectivity index (χ1v) is 12.6. The molecule has 0 bridgehead atoms. The molecule has 5 rings (SSSR count). The van der Waals surface area contributed by atoms with Crippen LogP contribution in [-0.4, -0.2) is 57.4 Å². The predicted octanol–water partition coefficient (Wildman–Crippen LogP) is 4.19. The fourth-order valence-electron chi connectivity index (χ4n) is 5.21. The lowest BCUT2D eigenvalue weighted by Crippen LogP contribution is -2.45. The number of hydrogen-bond donors (Lipinski definition) is 1. The van der Waals surface area contributed by atoms with E-state index in [0.29, 0.717) is 37.3 Å². The second-order valence-corrected chi connectivity index (χ2v) is 10.0. The van der Waals surface area contributed by atoms with Crippen LogP contribution in [0.2, 0.25) is 0 Å². The van der Waals surface area contributed by atoms with E-state index >= 15 is 0 Å². The third-order valence-corrected chi connectivity index (χ3v) is 8.09. The standard InChI is InChI=1S/C25H28FN3O3S/c26-18-7-5-17(6-8-18)24(31)28-12-9-16(10-13-28)23-27-20(15-33-23)25(32)29-14-11-22(30)19-3-1-2-4-21(19)29/h4-8,15-16,19,22,30H,1-3,9-14H2. The number of halogens is 1. The summed E-state index contributed by atoms with van der Waals surface area (Å²) in [4.78, 5) is 34.2. The van der Waals surface area contributed by atoms with Crippen molar-refractivity contribution in [3.63, 3.8) is 0 Å². The van der Waals surface area contributed by atoms with Crippen molar-refractivity contribution >= 4 is 23.2 Å². The zero-order valence-electron chi connectivity index (χ0n) is 18.5. The quantitative estimate of drug-likeness (QED) is 0.732. The molecule has 1 aromatic carbocycles. The molecule has 8 heteroatoms. The summed E-state index contributed by atoms with van der Waals surface area (Å²) in [6, 6.07) is 5.66. The number of rotatable bonds is 3. The van der Waals surface area contributed by atoms with Gasteiger partial charge in [0.15, 0.2) is 0 Å². The fourth-order valence-corrected chi connectivity index (χ4v) is 6.18. The van der Waals surface area contributed by atoms with Crippen LogP contribution in [0.1, 0.15) is 70.3 Å². The van der Waals surface area contributed by atoms with Gasteiger partial charge < -0.3 is 14.9 Å². The van der Waals surface area contributed by atoms with Gasteiger partial charge in [-0.25, -0.2) is 9.37 Å². The molecule has 3 aliphatic rings. The van der Waals surface area contributed by atoms with Crippen molar-refractivity contribution in [1.29, 1.82) is 0 Å². The summed E-state index contributed by atoms with van der Waals surface area (Å²) in [7, 11) is 0. The number of aliphatic hydroxyl groups is 1. The van der Waals surface area contributed by atoms with Crippen LogP contribution in [-0.2, 0) is 0 Å². The van der Waals surface area contributed by atoms with E-state index in [1.807, 2.05) is 10.3 Å². The first-order chi connectivity index (χ1) is 16.0. The van der Waals surface area contributed by atoms with Gasteiger partial charge in [-0.2, -0.15) is 0 Å². The molecule has 6 nitrogen and oxygen atoms in total. The zero-order chi connectivity index (χ0) is 22.9. The van der Waals surface area contributed by atoms with Gasteiger partial charge in [0.1, 0.15) is 11.5 Å². The van der Waals surface area contributed by atoms with Crippen molar-refractivity contribution in [2.75, 3.05) is 19.6 Å². The molecule has 2 aromatic rings. The molecule has 0 spiro atoms. The highest BCUT2D eigenvalue weighted by atomic mass is 32.1. The lowest BCUT2D eigenvalue weighted by molar-refractivity contribution is 0.0413. The maximum atomic E-state index is 13.2. The minimum absolute atomic E-state index is 0.0533. The first kappa shape index (κ1) is 22.2. The fraction of sp³-hybridized carbons (Fsp3) is 0.480. The Bertz CT molecular complexity index is 1060. The average molecular weight is 470 g/mol. The molecule has 174 valence electrons. The first-order valence-electron chi connectivity index (χ1n) is 11.7. The molecule has 2 unspecified atom stereocenters. The number of fused-ring (bicyclic) bond motifs is 1. The van der Waals surface area contributed by atoms with Gasteiger partial charge in [0.2, 0.25) is 0 Å². The smallest absolute Gasteiger partial charge is 0.277 e. The van der Waals surface area contributed by atoms with Crippen molar-refractivity contribution in [1.82, 2.24) is 14.8 Å². The van der Waals surface area contributed by atoms with Crippen LogP contribution in [0.5, 0.6) is 0 Å². The van der Waals surface area contributed by atoms with Gasteiger partial charge in [0.25, 0.3) is 11.8 Å². The molecule has 0 saturated carbocycles. The molecule has 0 radical (unpaired) electrons. The van der Waals surface area contributed by atoms with Crippen molar-refractivity contribution in [3.05, 3.63) is 63.5 Å². The number of thiazole rings is 1. The number of amides is 2. The number of carbonyl (C=O) groups is 2. The summed E-state index contributed by atoms with van der Waals surface area (Å²) in [6.07, 6.45) is 6.84. The number of allylic oxidation sites excluding steroid dienone is 1.